The van der Waals surface area contributed by atoms with Gasteiger partial charge in [-0.05, 0) is 30.3 Å². The normalized spacial score (nSPS) is 13.5. The Kier molecular flexibility index (Phi) is 5.04. The molecule has 0 spiro atoms. The Morgan fingerprint density at radius 1 is 0.714 bits per heavy atom. The maximum atomic E-state index is 12.6. The molecule has 0 aliphatic carbocycles. The summed E-state index contributed by atoms with van der Waals surface area (Å²) < 4.78 is 0. The van der Waals surface area contributed by atoms with Crippen molar-refractivity contribution in [3.05, 3.63) is 107 Å². The fourth-order valence-corrected chi connectivity index (χ4v) is 3.80. The van der Waals surface area contributed by atoms with Crippen LogP contribution in [-0.4, -0.2) is 41.8 Å². The summed E-state index contributed by atoms with van der Waals surface area (Å²) in [6, 6.07) is 27.6. The van der Waals surface area contributed by atoms with E-state index in [9.17, 15) is 9.59 Å². The Morgan fingerprint density at radius 2 is 1.14 bits per heavy atom. The number of fused-ring (bicyclic) bond motifs is 1. The van der Waals surface area contributed by atoms with Gasteiger partial charge in [-0.2, -0.15) is 0 Å². The molecule has 1 aliphatic heterocycles. The quantitative estimate of drug-likeness (QED) is 0.616. The van der Waals surface area contributed by atoms with Gasteiger partial charge in [0.15, 0.2) is 0 Å². The van der Waals surface area contributed by atoms with Crippen LogP contribution in [0, 0.1) is 0 Å². The van der Waals surface area contributed by atoms with E-state index in [1.165, 1.54) is 16.0 Å². The maximum Gasteiger partial charge on any atom is 0.261 e. The SMILES string of the molecule is CN(CCN1C(=O)c2ccccc2C1=O)C(c1ccccc1)c1ccccc1. The molecule has 0 N–H and O–H groups in total. The van der Waals surface area contributed by atoms with Gasteiger partial charge in [-0.15, -0.1) is 0 Å². The smallest absolute Gasteiger partial charge is 0.261 e. The first-order chi connectivity index (χ1) is 13.7. The zero-order valence-corrected chi connectivity index (χ0v) is 15.8. The lowest BCUT2D eigenvalue weighted by Crippen LogP contribution is -2.38. The molecular weight excluding hydrogens is 348 g/mol. The van der Waals surface area contributed by atoms with E-state index in [1.54, 1.807) is 24.3 Å². The van der Waals surface area contributed by atoms with E-state index < -0.39 is 0 Å². The number of hydrogen-bond donors (Lipinski definition) is 0. The van der Waals surface area contributed by atoms with Crippen molar-refractivity contribution in [1.82, 2.24) is 9.80 Å². The van der Waals surface area contributed by atoms with E-state index in [4.69, 9.17) is 0 Å². The second-order valence-electron chi connectivity index (χ2n) is 7.01. The standard InChI is InChI=1S/C24H22N2O2/c1-25(16-17-26-23(27)20-14-8-9-15-21(20)24(26)28)22(18-10-4-2-5-11-18)19-12-6-3-7-13-19/h2-15,22H,16-17H2,1H3. The predicted octanol–water partition coefficient (Wildman–Crippen LogP) is 4.00. The van der Waals surface area contributed by atoms with Crippen molar-refractivity contribution < 1.29 is 9.59 Å². The number of carbonyl (C=O) groups is 2. The van der Waals surface area contributed by atoms with E-state index >= 15 is 0 Å². The number of benzene rings is 3. The Morgan fingerprint density at radius 3 is 1.61 bits per heavy atom. The molecule has 2 amide bonds. The largest absolute Gasteiger partial charge is 0.294 e. The second-order valence-corrected chi connectivity index (χ2v) is 7.01. The van der Waals surface area contributed by atoms with E-state index in [-0.39, 0.29) is 17.9 Å². The van der Waals surface area contributed by atoms with Crippen LogP contribution in [0.5, 0.6) is 0 Å². The number of rotatable bonds is 6. The van der Waals surface area contributed by atoms with Crippen molar-refractivity contribution >= 4 is 11.8 Å². The maximum absolute atomic E-state index is 12.6. The lowest BCUT2D eigenvalue weighted by molar-refractivity contribution is 0.0636. The van der Waals surface area contributed by atoms with Crippen molar-refractivity contribution in [2.75, 3.05) is 20.1 Å². The highest BCUT2D eigenvalue weighted by atomic mass is 16.2. The summed E-state index contributed by atoms with van der Waals surface area (Å²) in [4.78, 5) is 28.8. The van der Waals surface area contributed by atoms with Gasteiger partial charge in [0.2, 0.25) is 0 Å². The van der Waals surface area contributed by atoms with E-state index in [0.717, 1.165) is 0 Å². The average molecular weight is 370 g/mol. The third-order valence-corrected chi connectivity index (χ3v) is 5.23. The number of carbonyl (C=O) groups excluding carboxylic acids is 2. The molecule has 0 saturated heterocycles. The summed E-state index contributed by atoms with van der Waals surface area (Å²) in [6.45, 7) is 0.943. The first-order valence-corrected chi connectivity index (χ1v) is 9.42. The number of imide groups is 1. The third kappa shape index (κ3) is 3.35. The highest BCUT2D eigenvalue weighted by Crippen LogP contribution is 2.28. The highest BCUT2D eigenvalue weighted by Gasteiger charge is 2.35. The van der Waals surface area contributed by atoms with Crippen LogP contribution in [-0.2, 0) is 0 Å². The van der Waals surface area contributed by atoms with Crippen LogP contribution in [0.15, 0.2) is 84.9 Å². The predicted molar refractivity (Wildman–Crippen MR) is 109 cm³/mol. The van der Waals surface area contributed by atoms with Crippen LogP contribution in [0.25, 0.3) is 0 Å². The summed E-state index contributed by atoms with van der Waals surface area (Å²) in [5.41, 5.74) is 3.35. The zero-order valence-electron chi connectivity index (χ0n) is 15.8. The van der Waals surface area contributed by atoms with Crippen LogP contribution in [0.1, 0.15) is 37.9 Å². The summed E-state index contributed by atoms with van der Waals surface area (Å²) in [5.74, 6) is -0.407. The number of amides is 2. The summed E-state index contributed by atoms with van der Waals surface area (Å²) >= 11 is 0. The Labute approximate surface area is 165 Å². The zero-order chi connectivity index (χ0) is 19.5. The summed E-state index contributed by atoms with van der Waals surface area (Å²) in [6.07, 6.45) is 0. The van der Waals surface area contributed by atoms with Crippen LogP contribution in [0.4, 0.5) is 0 Å². The van der Waals surface area contributed by atoms with Crippen molar-refractivity contribution in [3.8, 4) is 0 Å². The molecule has 140 valence electrons. The second kappa shape index (κ2) is 7.79. The van der Waals surface area contributed by atoms with Crippen molar-refractivity contribution in [2.45, 2.75) is 6.04 Å². The average Bonchev–Trinajstić information content (AvgIpc) is 2.99. The Bertz CT molecular complexity index is 911. The van der Waals surface area contributed by atoms with Crippen LogP contribution >= 0.6 is 0 Å². The van der Waals surface area contributed by atoms with Crippen LogP contribution in [0.3, 0.4) is 0 Å². The van der Waals surface area contributed by atoms with E-state index in [1.807, 2.05) is 43.4 Å². The summed E-state index contributed by atoms with van der Waals surface area (Å²) in [7, 11) is 2.03. The monoisotopic (exact) mass is 370 g/mol. The number of nitrogens with zero attached hydrogens (tertiary/aromatic N) is 2. The van der Waals surface area contributed by atoms with E-state index in [0.29, 0.717) is 24.2 Å². The van der Waals surface area contributed by atoms with Gasteiger partial charge in [0.1, 0.15) is 0 Å². The van der Waals surface area contributed by atoms with Crippen molar-refractivity contribution in [1.29, 1.82) is 0 Å². The molecule has 0 aromatic heterocycles. The van der Waals surface area contributed by atoms with Crippen molar-refractivity contribution in [3.63, 3.8) is 0 Å². The topological polar surface area (TPSA) is 40.6 Å². The van der Waals surface area contributed by atoms with Crippen LogP contribution in [0.2, 0.25) is 0 Å². The molecule has 0 atom stereocenters. The van der Waals surface area contributed by atoms with Gasteiger partial charge in [0, 0.05) is 13.1 Å². The molecule has 1 heterocycles. The van der Waals surface area contributed by atoms with Crippen LogP contribution < -0.4 is 0 Å². The first-order valence-electron chi connectivity index (χ1n) is 9.42. The molecule has 0 bridgehead atoms. The van der Waals surface area contributed by atoms with Gasteiger partial charge in [0.25, 0.3) is 11.8 Å². The van der Waals surface area contributed by atoms with Gasteiger partial charge in [-0.1, -0.05) is 72.8 Å². The molecule has 1 aliphatic rings. The molecule has 0 radical (unpaired) electrons. The number of hydrogen-bond acceptors (Lipinski definition) is 3. The minimum absolute atomic E-state index is 0.0533. The lowest BCUT2D eigenvalue weighted by atomic mass is 9.97. The minimum atomic E-state index is -0.204. The third-order valence-electron chi connectivity index (χ3n) is 5.23. The van der Waals surface area contributed by atoms with Crippen molar-refractivity contribution in [2.24, 2.45) is 0 Å². The van der Waals surface area contributed by atoms with Gasteiger partial charge in [-0.25, -0.2) is 0 Å². The Hall–Kier alpha value is -3.24. The fourth-order valence-electron chi connectivity index (χ4n) is 3.80. The molecule has 0 fully saturated rings. The number of likely N-dealkylation sites (N-methyl/N-ethyl adjacent to an activating group) is 1. The molecule has 3 aromatic carbocycles. The molecule has 3 aromatic rings. The lowest BCUT2D eigenvalue weighted by Gasteiger charge is -2.30. The van der Waals surface area contributed by atoms with Gasteiger partial charge < -0.3 is 0 Å². The van der Waals surface area contributed by atoms with Gasteiger partial charge in [0.05, 0.1) is 17.2 Å². The Balaban J connectivity index is 1.54. The fraction of sp³-hybridized carbons (Fsp3) is 0.167. The summed E-state index contributed by atoms with van der Waals surface area (Å²) in [5, 5.41) is 0. The molecule has 4 heteroatoms. The molecule has 0 saturated carbocycles. The minimum Gasteiger partial charge on any atom is -0.294 e. The molecule has 28 heavy (non-hydrogen) atoms. The molecule has 4 rings (SSSR count). The molecule has 4 nitrogen and oxygen atoms in total. The van der Waals surface area contributed by atoms with Gasteiger partial charge >= 0.3 is 0 Å². The first kappa shape index (κ1) is 18.1. The van der Waals surface area contributed by atoms with E-state index in [2.05, 4.69) is 29.2 Å². The highest BCUT2D eigenvalue weighted by molar-refractivity contribution is 6.21. The molecular formula is C24H22N2O2. The molecule has 0 unspecified atom stereocenters. The van der Waals surface area contributed by atoms with Gasteiger partial charge in [-0.3, -0.25) is 19.4 Å².